The highest BCUT2D eigenvalue weighted by atomic mass is 16.4. The van der Waals surface area contributed by atoms with Crippen LogP contribution < -0.4 is 0 Å². The van der Waals surface area contributed by atoms with Gasteiger partial charge in [-0.1, -0.05) is 13.3 Å². The van der Waals surface area contributed by atoms with Crippen molar-refractivity contribution in [3.63, 3.8) is 0 Å². The summed E-state index contributed by atoms with van der Waals surface area (Å²) >= 11 is 0. The van der Waals surface area contributed by atoms with Crippen molar-refractivity contribution in [3.8, 4) is 5.75 Å². The standard InChI is InChI=1S/C14H20O3/c1-4-5-11(8-13(16)17)14-9(2)6-12(15)7-10(14)3/h6-7,11,15H,4-5,8H2,1-3H3,(H,16,17). The largest absolute Gasteiger partial charge is 0.508 e. The fourth-order valence-corrected chi connectivity index (χ4v) is 2.50. The zero-order chi connectivity index (χ0) is 13.0. The van der Waals surface area contributed by atoms with E-state index in [4.69, 9.17) is 5.11 Å². The minimum absolute atomic E-state index is 0.0399. The Morgan fingerprint density at radius 2 is 1.82 bits per heavy atom. The molecular weight excluding hydrogens is 216 g/mol. The van der Waals surface area contributed by atoms with E-state index >= 15 is 0 Å². The maximum Gasteiger partial charge on any atom is 0.303 e. The summed E-state index contributed by atoms with van der Waals surface area (Å²) in [6.45, 7) is 5.90. The SMILES string of the molecule is CCCC(CC(=O)O)c1c(C)cc(O)cc1C. The summed E-state index contributed by atoms with van der Waals surface area (Å²) in [5.41, 5.74) is 3.02. The Labute approximate surface area is 102 Å². The normalized spacial score (nSPS) is 12.4. The molecule has 0 aromatic heterocycles. The molecule has 0 saturated heterocycles. The van der Waals surface area contributed by atoms with Crippen molar-refractivity contribution in [1.29, 1.82) is 0 Å². The van der Waals surface area contributed by atoms with Crippen LogP contribution in [0.25, 0.3) is 0 Å². The minimum atomic E-state index is -0.768. The highest BCUT2D eigenvalue weighted by Gasteiger charge is 2.19. The summed E-state index contributed by atoms with van der Waals surface area (Å²) in [7, 11) is 0. The lowest BCUT2D eigenvalue weighted by atomic mass is 9.85. The van der Waals surface area contributed by atoms with E-state index in [1.165, 1.54) is 0 Å². The van der Waals surface area contributed by atoms with Crippen molar-refractivity contribution in [1.82, 2.24) is 0 Å². The van der Waals surface area contributed by atoms with Crippen molar-refractivity contribution in [2.75, 3.05) is 0 Å². The molecule has 0 bridgehead atoms. The van der Waals surface area contributed by atoms with Gasteiger partial charge >= 0.3 is 5.97 Å². The molecule has 94 valence electrons. The van der Waals surface area contributed by atoms with E-state index < -0.39 is 5.97 Å². The monoisotopic (exact) mass is 236 g/mol. The summed E-state index contributed by atoms with van der Waals surface area (Å²) < 4.78 is 0. The van der Waals surface area contributed by atoms with Crippen molar-refractivity contribution in [3.05, 3.63) is 28.8 Å². The number of hydrogen-bond donors (Lipinski definition) is 2. The second-order valence-electron chi connectivity index (χ2n) is 4.58. The Hall–Kier alpha value is -1.51. The Morgan fingerprint density at radius 3 is 2.24 bits per heavy atom. The zero-order valence-corrected chi connectivity index (χ0v) is 10.7. The van der Waals surface area contributed by atoms with Crippen LogP contribution in [0.5, 0.6) is 5.75 Å². The van der Waals surface area contributed by atoms with E-state index in [0.717, 1.165) is 29.5 Å². The number of benzene rings is 1. The molecule has 0 aliphatic rings. The van der Waals surface area contributed by atoms with Crippen LogP contribution in [0.3, 0.4) is 0 Å². The number of aliphatic carboxylic acids is 1. The number of carboxylic acid groups (broad SMARTS) is 1. The highest BCUT2D eigenvalue weighted by Crippen LogP contribution is 2.32. The van der Waals surface area contributed by atoms with Gasteiger partial charge in [-0.05, 0) is 55.0 Å². The lowest BCUT2D eigenvalue weighted by molar-refractivity contribution is -0.137. The third kappa shape index (κ3) is 3.48. The van der Waals surface area contributed by atoms with Gasteiger partial charge in [0.25, 0.3) is 0 Å². The fourth-order valence-electron chi connectivity index (χ4n) is 2.50. The van der Waals surface area contributed by atoms with Crippen LogP contribution in [0.1, 0.15) is 48.8 Å². The van der Waals surface area contributed by atoms with Crippen molar-refractivity contribution >= 4 is 5.97 Å². The van der Waals surface area contributed by atoms with E-state index in [0.29, 0.717) is 0 Å². The summed E-state index contributed by atoms with van der Waals surface area (Å²) in [6.07, 6.45) is 1.97. The van der Waals surface area contributed by atoms with Gasteiger partial charge in [-0.2, -0.15) is 0 Å². The third-order valence-electron chi connectivity index (χ3n) is 3.04. The van der Waals surface area contributed by atoms with Crippen LogP contribution in [-0.2, 0) is 4.79 Å². The average molecular weight is 236 g/mol. The summed E-state index contributed by atoms with van der Waals surface area (Å²) in [4.78, 5) is 10.9. The van der Waals surface area contributed by atoms with Gasteiger partial charge in [-0.15, -0.1) is 0 Å². The number of phenolic OH excluding ortho intramolecular Hbond substituents is 1. The molecule has 1 aromatic carbocycles. The molecule has 2 N–H and O–H groups in total. The molecular formula is C14H20O3. The summed E-state index contributed by atoms with van der Waals surface area (Å²) in [6, 6.07) is 3.40. The van der Waals surface area contributed by atoms with Gasteiger partial charge in [-0.3, -0.25) is 4.79 Å². The number of aryl methyl sites for hydroxylation is 2. The van der Waals surface area contributed by atoms with Gasteiger partial charge in [0.1, 0.15) is 5.75 Å². The predicted molar refractivity (Wildman–Crippen MR) is 67.5 cm³/mol. The Morgan fingerprint density at radius 1 is 1.29 bits per heavy atom. The Kier molecular flexibility index (Phi) is 4.55. The first kappa shape index (κ1) is 13.6. The molecule has 3 nitrogen and oxygen atoms in total. The molecule has 3 heteroatoms. The molecule has 0 amide bonds. The smallest absolute Gasteiger partial charge is 0.303 e. The van der Waals surface area contributed by atoms with Crippen LogP contribution in [0.4, 0.5) is 0 Å². The van der Waals surface area contributed by atoms with Crippen molar-refractivity contribution in [2.24, 2.45) is 0 Å². The van der Waals surface area contributed by atoms with E-state index in [1.807, 2.05) is 13.8 Å². The minimum Gasteiger partial charge on any atom is -0.508 e. The summed E-state index contributed by atoms with van der Waals surface area (Å²) in [5.74, 6) is -0.484. The molecule has 1 atom stereocenters. The molecule has 17 heavy (non-hydrogen) atoms. The number of aromatic hydroxyl groups is 1. The number of phenols is 1. The molecule has 0 heterocycles. The fraction of sp³-hybridized carbons (Fsp3) is 0.500. The Bertz CT molecular complexity index is 387. The third-order valence-corrected chi connectivity index (χ3v) is 3.04. The first-order valence-electron chi connectivity index (χ1n) is 5.97. The van der Waals surface area contributed by atoms with Gasteiger partial charge in [0.05, 0.1) is 6.42 Å². The van der Waals surface area contributed by atoms with E-state index in [2.05, 4.69) is 6.92 Å². The maximum absolute atomic E-state index is 10.9. The molecule has 0 radical (unpaired) electrons. The average Bonchev–Trinajstić information content (AvgIpc) is 2.14. The molecule has 0 aliphatic carbocycles. The topological polar surface area (TPSA) is 57.5 Å². The van der Waals surface area contributed by atoms with Crippen LogP contribution >= 0.6 is 0 Å². The Balaban J connectivity index is 3.13. The first-order chi connectivity index (χ1) is 7.95. The van der Waals surface area contributed by atoms with Gasteiger partial charge in [0.15, 0.2) is 0 Å². The number of rotatable bonds is 5. The van der Waals surface area contributed by atoms with Crippen LogP contribution in [0.2, 0.25) is 0 Å². The number of hydrogen-bond acceptors (Lipinski definition) is 2. The van der Waals surface area contributed by atoms with Crippen LogP contribution in [0, 0.1) is 13.8 Å². The van der Waals surface area contributed by atoms with Crippen LogP contribution in [-0.4, -0.2) is 16.2 Å². The van der Waals surface area contributed by atoms with Gasteiger partial charge < -0.3 is 10.2 Å². The number of carbonyl (C=O) groups is 1. The van der Waals surface area contributed by atoms with E-state index in [-0.39, 0.29) is 18.1 Å². The molecule has 1 unspecified atom stereocenters. The molecule has 0 fully saturated rings. The maximum atomic E-state index is 10.9. The van der Waals surface area contributed by atoms with E-state index in [9.17, 15) is 9.90 Å². The predicted octanol–water partition coefficient (Wildman–Crippen LogP) is 3.37. The van der Waals surface area contributed by atoms with Crippen molar-refractivity contribution < 1.29 is 15.0 Å². The van der Waals surface area contributed by atoms with Gasteiger partial charge in [0, 0.05) is 0 Å². The second kappa shape index (κ2) is 5.71. The van der Waals surface area contributed by atoms with E-state index in [1.54, 1.807) is 12.1 Å². The van der Waals surface area contributed by atoms with Gasteiger partial charge in [-0.25, -0.2) is 0 Å². The first-order valence-corrected chi connectivity index (χ1v) is 5.97. The summed E-state index contributed by atoms with van der Waals surface area (Å²) in [5, 5.41) is 18.5. The quantitative estimate of drug-likeness (QED) is 0.824. The van der Waals surface area contributed by atoms with Gasteiger partial charge in [0.2, 0.25) is 0 Å². The number of carboxylic acids is 1. The molecule has 0 spiro atoms. The molecule has 1 aromatic rings. The lowest BCUT2D eigenvalue weighted by Gasteiger charge is -2.20. The molecule has 1 rings (SSSR count). The lowest BCUT2D eigenvalue weighted by Crippen LogP contribution is -2.09. The zero-order valence-electron chi connectivity index (χ0n) is 10.7. The van der Waals surface area contributed by atoms with Crippen molar-refractivity contribution in [2.45, 2.75) is 46.0 Å². The molecule has 0 saturated carbocycles. The highest BCUT2D eigenvalue weighted by molar-refractivity contribution is 5.68. The second-order valence-corrected chi connectivity index (χ2v) is 4.58. The van der Waals surface area contributed by atoms with Crippen LogP contribution in [0.15, 0.2) is 12.1 Å². The molecule has 0 aliphatic heterocycles.